The molecule has 1 atom stereocenters. The third-order valence-electron chi connectivity index (χ3n) is 6.58. The maximum atomic E-state index is 12.9. The standard InChI is InChI=1S/C29H26N2O5/c1-18-14-28(34)31(25-12-13-27(33)30-29(25)35)26-15-23(10-11-24(18)26)36-17-20-4-8-22(9-5-20)21-6-2-19(16-32)3-7-21/h2-11,14-15,25,32H,12-13,16-17H2,1H3,(H,30,33,35). The van der Waals surface area contributed by atoms with Crippen LogP contribution in [0.5, 0.6) is 5.75 Å². The zero-order valence-corrected chi connectivity index (χ0v) is 19.9. The molecule has 0 radical (unpaired) electrons. The molecule has 182 valence electrons. The molecule has 1 fully saturated rings. The number of aliphatic hydroxyl groups is 1. The molecule has 2 heterocycles. The summed E-state index contributed by atoms with van der Waals surface area (Å²) in [6, 6.07) is 22.1. The van der Waals surface area contributed by atoms with Crippen LogP contribution >= 0.6 is 0 Å². The van der Waals surface area contributed by atoms with Crippen LogP contribution in [-0.2, 0) is 22.8 Å². The molecule has 0 saturated carbocycles. The van der Waals surface area contributed by atoms with Gasteiger partial charge in [-0.25, -0.2) is 0 Å². The molecule has 1 unspecified atom stereocenters. The summed E-state index contributed by atoms with van der Waals surface area (Å²) in [5.41, 5.74) is 5.12. The van der Waals surface area contributed by atoms with E-state index in [2.05, 4.69) is 5.32 Å². The van der Waals surface area contributed by atoms with Crippen LogP contribution in [0.4, 0.5) is 0 Å². The first-order chi connectivity index (χ1) is 17.4. The highest BCUT2D eigenvalue weighted by Gasteiger charge is 2.30. The fourth-order valence-corrected chi connectivity index (χ4v) is 4.60. The van der Waals surface area contributed by atoms with Crippen molar-refractivity contribution in [2.45, 2.75) is 39.0 Å². The van der Waals surface area contributed by atoms with Crippen LogP contribution in [0.2, 0.25) is 0 Å². The molecular weight excluding hydrogens is 456 g/mol. The first-order valence-electron chi connectivity index (χ1n) is 11.8. The van der Waals surface area contributed by atoms with Crippen LogP contribution < -0.4 is 15.6 Å². The lowest BCUT2D eigenvalue weighted by atomic mass is 10.0. The van der Waals surface area contributed by atoms with E-state index in [1.54, 1.807) is 6.07 Å². The van der Waals surface area contributed by atoms with E-state index in [0.717, 1.165) is 33.2 Å². The molecule has 0 aliphatic carbocycles. The number of aryl methyl sites for hydroxylation is 1. The number of carbonyl (C=O) groups excluding carboxylic acids is 2. The number of pyridine rings is 1. The van der Waals surface area contributed by atoms with Gasteiger partial charge in [-0.05, 0) is 53.3 Å². The summed E-state index contributed by atoms with van der Waals surface area (Å²) in [6.07, 6.45) is 0.471. The minimum atomic E-state index is -0.743. The predicted octanol–water partition coefficient (Wildman–Crippen LogP) is 4.03. The molecule has 5 rings (SSSR count). The van der Waals surface area contributed by atoms with Crippen molar-refractivity contribution >= 4 is 22.7 Å². The van der Waals surface area contributed by atoms with Gasteiger partial charge in [0.05, 0.1) is 12.1 Å². The molecule has 4 aromatic rings. The van der Waals surface area contributed by atoms with Crippen molar-refractivity contribution in [3.8, 4) is 16.9 Å². The second-order valence-corrected chi connectivity index (χ2v) is 9.02. The molecule has 1 aromatic heterocycles. The van der Waals surface area contributed by atoms with Crippen LogP contribution in [0.1, 0.15) is 35.6 Å². The molecule has 36 heavy (non-hydrogen) atoms. The Balaban J connectivity index is 1.38. The largest absolute Gasteiger partial charge is 0.489 e. The second kappa shape index (κ2) is 9.79. The summed E-state index contributed by atoms with van der Waals surface area (Å²) in [5.74, 6) is -0.203. The Morgan fingerprint density at radius 3 is 2.22 bits per heavy atom. The van der Waals surface area contributed by atoms with Crippen LogP contribution in [-0.4, -0.2) is 21.5 Å². The Labute approximate surface area is 208 Å². The lowest BCUT2D eigenvalue weighted by Gasteiger charge is -2.25. The minimum absolute atomic E-state index is 0.0224. The van der Waals surface area contributed by atoms with Crippen LogP contribution in [0.15, 0.2) is 77.6 Å². The quantitative estimate of drug-likeness (QED) is 0.405. The number of rotatable bonds is 6. The van der Waals surface area contributed by atoms with Crippen LogP contribution in [0.25, 0.3) is 22.0 Å². The molecule has 1 aliphatic rings. The Morgan fingerprint density at radius 1 is 0.917 bits per heavy atom. The first-order valence-corrected chi connectivity index (χ1v) is 11.8. The third-order valence-corrected chi connectivity index (χ3v) is 6.58. The number of imide groups is 1. The molecule has 0 bridgehead atoms. The van der Waals surface area contributed by atoms with Gasteiger partial charge < -0.3 is 9.84 Å². The minimum Gasteiger partial charge on any atom is -0.489 e. The maximum absolute atomic E-state index is 12.9. The van der Waals surface area contributed by atoms with E-state index in [4.69, 9.17) is 4.74 Å². The van der Waals surface area contributed by atoms with E-state index < -0.39 is 11.9 Å². The van der Waals surface area contributed by atoms with Gasteiger partial charge in [0.1, 0.15) is 18.4 Å². The van der Waals surface area contributed by atoms with E-state index >= 15 is 0 Å². The fraction of sp³-hybridized carbons (Fsp3) is 0.207. The number of aliphatic hydroxyl groups excluding tert-OH is 1. The van der Waals surface area contributed by atoms with Gasteiger partial charge in [-0.15, -0.1) is 0 Å². The maximum Gasteiger partial charge on any atom is 0.252 e. The van der Waals surface area contributed by atoms with Gasteiger partial charge >= 0.3 is 0 Å². The van der Waals surface area contributed by atoms with Crippen molar-refractivity contribution in [1.82, 2.24) is 9.88 Å². The smallest absolute Gasteiger partial charge is 0.252 e. The van der Waals surface area contributed by atoms with E-state index in [9.17, 15) is 19.5 Å². The fourth-order valence-electron chi connectivity index (χ4n) is 4.60. The van der Waals surface area contributed by atoms with Gasteiger partial charge in [0.2, 0.25) is 11.8 Å². The number of nitrogens with zero attached hydrogens (tertiary/aromatic N) is 1. The van der Waals surface area contributed by atoms with E-state index in [1.165, 1.54) is 10.6 Å². The van der Waals surface area contributed by atoms with Gasteiger partial charge in [0.15, 0.2) is 0 Å². The van der Waals surface area contributed by atoms with Crippen molar-refractivity contribution < 1.29 is 19.4 Å². The predicted molar refractivity (Wildman–Crippen MR) is 136 cm³/mol. The number of benzene rings is 3. The Kier molecular flexibility index (Phi) is 6.40. The van der Waals surface area contributed by atoms with Crippen LogP contribution in [0.3, 0.4) is 0 Å². The normalized spacial score (nSPS) is 15.7. The van der Waals surface area contributed by atoms with Gasteiger partial charge in [-0.2, -0.15) is 0 Å². The number of ether oxygens (including phenoxy) is 1. The van der Waals surface area contributed by atoms with Gasteiger partial charge in [-0.1, -0.05) is 48.5 Å². The summed E-state index contributed by atoms with van der Waals surface area (Å²) < 4.78 is 7.51. The molecule has 2 amide bonds. The number of nitrogens with one attached hydrogen (secondary N) is 1. The number of hydrogen-bond donors (Lipinski definition) is 2. The molecular formula is C29H26N2O5. The van der Waals surface area contributed by atoms with Crippen molar-refractivity contribution in [2.75, 3.05) is 0 Å². The Morgan fingerprint density at radius 2 is 1.58 bits per heavy atom. The van der Waals surface area contributed by atoms with Crippen molar-refractivity contribution in [3.63, 3.8) is 0 Å². The number of carbonyl (C=O) groups is 2. The lowest BCUT2D eigenvalue weighted by molar-refractivity contribution is -0.135. The number of piperidine rings is 1. The summed E-state index contributed by atoms with van der Waals surface area (Å²) >= 11 is 0. The molecule has 2 N–H and O–H groups in total. The molecule has 0 spiro atoms. The highest BCUT2D eigenvalue weighted by Crippen LogP contribution is 2.28. The molecule has 1 aliphatic heterocycles. The van der Waals surface area contributed by atoms with Crippen molar-refractivity contribution in [1.29, 1.82) is 0 Å². The second-order valence-electron chi connectivity index (χ2n) is 9.02. The van der Waals surface area contributed by atoms with E-state index in [-0.39, 0.29) is 30.9 Å². The SMILES string of the molecule is Cc1cc(=O)n(C2CCC(=O)NC2=O)c2cc(OCc3ccc(-c4ccc(CO)cc4)cc3)ccc12. The van der Waals surface area contributed by atoms with Gasteiger partial charge in [-0.3, -0.25) is 24.3 Å². The molecule has 7 heteroatoms. The zero-order chi connectivity index (χ0) is 25.2. The van der Waals surface area contributed by atoms with E-state index in [0.29, 0.717) is 17.9 Å². The average Bonchev–Trinajstić information content (AvgIpc) is 2.89. The Bertz CT molecular complexity index is 1500. The summed E-state index contributed by atoms with van der Waals surface area (Å²) in [6.45, 7) is 2.22. The highest BCUT2D eigenvalue weighted by molar-refractivity contribution is 6.00. The topological polar surface area (TPSA) is 97.6 Å². The van der Waals surface area contributed by atoms with Crippen molar-refractivity contribution in [3.05, 3.63) is 99.8 Å². The van der Waals surface area contributed by atoms with Gasteiger partial charge in [0.25, 0.3) is 5.56 Å². The summed E-state index contributed by atoms with van der Waals surface area (Å²) in [5, 5.41) is 12.4. The average molecular weight is 483 g/mol. The number of fused-ring (bicyclic) bond motifs is 1. The first kappa shape index (κ1) is 23.5. The number of aromatic nitrogens is 1. The zero-order valence-electron chi connectivity index (χ0n) is 19.9. The molecule has 1 saturated heterocycles. The number of hydrogen-bond acceptors (Lipinski definition) is 5. The molecule has 7 nitrogen and oxygen atoms in total. The highest BCUT2D eigenvalue weighted by atomic mass is 16.5. The molecule has 3 aromatic carbocycles. The Hall–Kier alpha value is -4.23. The van der Waals surface area contributed by atoms with Crippen molar-refractivity contribution in [2.24, 2.45) is 0 Å². The van der Waals surface area contributed by atoms with E-state index in [1.807, 2.05) is 67.6 Å². The monoisotopic (exact) mass is 482 g/mol. The summed E-state index contributed by atoms with van der Waals surface area (Å²) in [7, 11) is 0. The number of amides is 2. The van der Waals surface area contributed by atoms with Gasteiger partial charge in [0, 0.05) is 23.9 Å². The summed E-state index contributed by atoms with van der Waals surface area (Å²) in [4.78, 5) is 37.0. The lowest BCUT2D eigenvalue weighted by Crippen LogP contribution is -2.44. The van der Waals surface area contributed by atoms with Crippen LogP contribution in [0, 0.1) is 6.92 Å². The third kappa shape index (κ3) is 4.65.